The molecule has 1 fully saturated rings. The number of amides is 2. The van der Waals surface area contributed by atoms with Crippen LogP contribution < -0.4 is 10.1 Å². The Hall–Kier alpha value is -3.87. The lowest BCUT2D eigenvalue weighted by Gasteiger charge is -2.23. The number of alkyl carbamates (subject to hydrolysis) is 1. The third kappa shape index (κ3) is 5.43. The molecule has 2 amide bonds. The summed E-state index contributed by atoms with van der Waals surface area (Å²) >= 11 is 0. The number of ether oxygens (including phenoxy) is 2. The van der Waals surface area contributed by atoms with E-state index in [4.69, 9.17) is 9.47 Å². The second kappa shape index (κ2) is 9.09. The molecule has 1 saturated heterocycles. The summed E-state index contributed by atoms with van der Waals surface area (Å²) in [5.74, 6) is -1.54. The summed E-state index contributed by atoms with van der Waals surface area (Å²) in [4.78, 5) is 41.5. The number of nitrogens with one attached hydrogen (secondary N) is 1. The van der Waals surface area contributed by atoms with Gasteiger partial charge in [-0.25, -0.2) is 14.6 Å². The number of hydrogen-bond donors (Lipinski definition) is 2. The summed E-state index contributed by atoms with van der Waals surface area (Å²) < 4.78 is 11.0. The van der Waals surface area contributed by atoms with Gasteiger partial charge in [0.05, 0.1) is 6.54 Å². The van der Waals surface area contributed by atoms with Gasteiger partial charge in [-0.15, -0.1) is 0 Å². The minimum absolute atomic E-state index is 0.00140. The zero-order chi connectivity index (χ0) is 23.5. The molecule has 2 N–H and O–H groups in total. The van der Waals surface area contributed by atoms with Gasteiger partial charge in [0.2, 0.25) is 11.8 Å². The van der Waals surface area contributed by atoms with E-state index in [2.05, 4.69) is 10.3 Å². The smallest absolute Gasteiger partial charge is 0.408 e. The van der Waals surface area contributed by atoms with Crippen molar-refractivity contribution in [2.75, 3.05) is 13.1 Å². The van der Waals surface area contributed by atoms with E-state index in [1.54, 1.807) is 39.0 Å². The Bertz CT molecular complexity index is 1090. The molecular weight excluding hydrogens is 416 g/mol. The van der Waals surface area contributed by atoms with E-state index in [9.17, 15) is 24.8 Å². The van der Waals surface area contributed by atoms with Crippen LogP contribution in [0, 0.1) is 11.3 Å². The fourth-order valence-electron chi connectivity index (χ4n) is 3.43. The second-order valence-corrected chi connectivity index (χ2v) is 8.38. The first kappa shape index (κ1) is 22.8. The summed E-state index contributed by atoms with van der Waals surface area (Å²) in [6.45, 7) is 4.66. The van der Waals surface area contributed by atoms with Gasteiger partial charge in [0.15, 0.2) is 0 Å². The van der Waals surface area contributed by atoms with E-state index in [1.807, 2.05) is 18.2 Å². The average molecular weight is 440 g/mol. The number of nitrogens with zero attached hydrogens (tertiary/aromatic N) is 3. The third-order valence-electron chi connectivity index (χ3n) is 4.75. The van der Waals surface area contributed by atoms with E-state index in [0.717, 1.165) is 10.3 Å². The lowest BCUT2D eigenvalue weighted by Crippen LogP contribution is -2.46. The predicted molar refractivity (Wildman–Crippen MR) is 113 cm³/mol. The van der Waals surface area contributed by atoms with Crippen molar-refractivity contribution in [1.29, 1.82) is 5.26 Å². The average Bonchev–Trinajstić information content (AvgIpc) is 3.15. The van der Waals surface area contributed by atoms with Crippen LogP contribution in [0.1, 0.15) is 32.9 Å². The Balaban J connectivity index is 1.73. The number of carbonyl (C=O) groups is 3. The van der Waals surface area contributed by atoms with Crippen LogP contribution in [-0.2, 0) is 14.3 Å². The molecule has 10 nitrogen and oxygen atoms in total. The van der Waals surface area contributed by atoms with E-state index < -0.39 is 42.3 Å². The fraction of sp³-hybridized carbons (Fsp3) is 0.409. The summed E-state index contributed by atoms with van der Waals surface area (Å²) in [6, 6.07) is 9.73. The number of carbonyl (C=O) groups excluding carboxylic acids is 2. The Morgan fingerprint density at radius 1 is 1.31 bits per heavy atom. The van der Waals surface area contributed by atoms with E-state index in [-0.39, 0.29) is 24.5 Å². The molecule has 168 valence electrons. The lowest BCUT2D eigenvalue weighted by molar-refractivity contribution is -0.147. The molecule has 1 aromatic carbocycles. The van der Waals surface area contributed by atoms with Crippen molar-refractivity contribution in [1.82, 2.24) is 15.2 Å². The number of pyridine rings is 1. The molecule has 1 aliphatic rings. The van der Waals surface area contributed by atoms with Gasteiger partial charge in [-0.1, -0.05) is 18.2 Å². The Kier molecular flexibility index (Phi) is 6.48. The number of carboxylic acid groups (broad SMARTS) is 1. The minimum atomic E-state index is -1.18. The molecule has 3 rings (SSSR count). The SMILES string of the molecule is CC(C)(C)OC(=O)NCC(=O)N1C[C@H](Oc2nc(C#N)cc3ccccc23)CC1C(=O)O. The quantitative estimate of drug-likeness (QED) is 0.719. The molecule has 0 aliphatic carbocycles. The monoisotopic (exact) mass is 440 g/mol. The zero-order valence-corrected chi connectivity index (χ0v) is 18.0. The molecule has 2 heterocycles. The Labute approximate surface area is 184 Å². The van der Waals surface area contributed by atoms with Gasteiger partial charge in [0.1, 0.15) is 36.1 Å². The highest BCUT2D eigenvalue weighted by molar-refractivity contribution is 5.88. The number of hydrogen-bond acceptors (Lipinski definition) is 7. The number of nitriles is 1. The number of benzene rings is 1. The maximum absolute atomic E-state index is 12.6. The van der Waals surface area contributed by atoms with Gasteiger partial charge in [-0.3, -0.25) is 4.79 Å². The van der Waals surface area contributed by atoms with E-state index in [0.29, 0.717) is 5.39 Å². The first-order valence-electron chi connectivity index (χ1n) is 10.0. The van der Waals surface area contributed by atoms with E-state index >= 15 is 0 Å². The fourth-order valence-corrected chi connectivity index (χ4v) is 3.43. The highest BCUT2D eigenvalue weighted by atomic mass is 16.6. The molecule has 1 aliphatic heterocycles. The maximum atomic E-state index is 12.6. The topological polar surface area (TPSA) is 142 Å². The van der Waals surface area contributed by atoms with E-state index in [1.165, 1.54) is 0 Å². The van der Waals surface area contributed by atoms with Crippen LogP contribution >= 0.6 is 0 Å². The summed E-state index contributed by atoms with van der Waals surface area (Å²) in [5.41, 5.74) is -0.558. The van der Waals surface area contributed by atoms with Crippen LogP contribution in [0.25, 0.3) is 10.8 Å². The molecule has 32 heavy (non-hydrogen) atoms. The first-order chi connectivity index (χ1) is 15.1. The minimum Gasteiger partial charge on any atom is -0.480 e. The molecule has 2 atom stereocenters. The van der Waals surface area contributed by atoms with Gasteiger partial charge in [-0.2, -0.15) is 5.26 Å². The van der Waals surface area contributed by atoms with Gasteiger partial charge >= 0.3 is 12.1 Å². The number of aliphatic carboxylic acids is 1. The molecule has 2 aromatic rings. The van der Waals surface area contributed by atoms with Crippen LogP contribution in [0.2, 0.25) is 0 Å². The maximum Gasteiger partial charge on any atom is 0.408 e. The lowest BCUT2D eigenvalue weighted by atomic mass is 10.1. The Morgan fingerprint density at radius 2 is 2.03 bits per heavy atom. The van der Waals surface area contributed by atoms with Crippen molar-refractivity contribution < 1.29 is 29.0 Å². The molecule has 0 radical (unpaired) electrons. The largest absolute Gasteiger partial charge is 0.480 e. The first-order valence-corrected chi connectivity index (χ1v) is 10.0. The zero-order valence-electron chi connectivity index (χ0n) is 18.0. The summed E-state index contributed by atoms with van der Waals surface area (Å²) in [6.07, 6.45) is -1.37. The number of fused-ring (bicyclic) bond motifs is 1. The van der Waals surface area contributed by atoms with Crippen molar-refractivity contribution in [3.05, 3.63) is 36.0 Å². The number of aromatic nitrogens is 1. The van der Waals surface area contributed by atoms with Gasteiger partial charge in [0, 0.05) is 11.8 Å². The van der Waals surface area contributed by atoms with Crippen molar-refractivity contribution in [2.45, 2.75) is 44.9 Å². The molecule has 0 spiro atoms. The molecule has 1 unspecified atom stereocenters. The van der Waals surface area contributed by atoms with Gasteiger partial charge in [-0.05, 0) is 38.3 Å². The van der Waals surface area contributed by atoms with Crippen molar-refractivity contribution >= 4 is 28.7 Å². The third-order valence-corrected chi connectivity index (χ3v) is 4.75. The van der Waals surface area contributed by atoms with Crippen LogP contribution in [0.4, 0.5) is 4.79 Å². The predicted octanol–water partition coefficient (Wildman–Crippen LogP) is 2.06. The van der Waals surface area contributed by atoms with Crippen LogP contribution in [0.5, 0.6) is 5.88 Å². The van der Waals surface area contributed by atoms with Crippen LogP contribution in [0.3, 0.4) is 0 Å². The number of rotatable bonds is 5. The molecular formula is C22H24N4O6. The molecule has 0 bridgehead atoms. The summed E-state index contributed by atoms with van der Waals surface area (Å²) in [5, 5.41) is 22.6. The van der Waals surface area contributed by atoms with Crippen molar-refractivity contribution in [2.24, 2.45) is 0 Å². The standard InChI is InChI=1S/C22H24N4O6/c1-22(2,3)32-21(30)24-11-18(27)26-12-15(9-17(26)20(28)29)31-19-16-7-5-4-6-13(16)8-14(10-23)25-19/h4-8,15,17H,9,11-12H2,1-3H3,(H,24,30)(H,28,29)/t15-,17?/m1/s1. The Morgan fingerprint density at radius 3 is 2.69 bits per heavy atom. The number of likely N-dealkylation sites (tertiary alicyclic amines) is 1. The second-order valence-electron chi connectivity index (χ2n) is 8.38. The normalized spacial score (nSPS) is 18.1. The van der Waals surface area contributed by atoms with Crippen molar-refractivity contribution in [3.8, 4) is 11.9 Å². The molecule has 1 aromatic heterocycles. The summed E-state index contributed by atoms with van der Waals surface area (Å²) in [7, 11) is 0. The van der Waals surface area contributed by atoms with Crippen LogP contribution in [0.15, 0.2) is 30.3 Å². The highest BCUT2D eigenvalue weighted by Gasteiger charge is 2.41. The van der Waals surface area contributed by atoms with Gasteiger partial charge < -0.3 is 24.8 Å². The van der Waals surface area contributed by atoms with Gasteiger partial charge in [0.25, 0.3) is 0 Å². The number of carboxylic acids is 1. The molecule has 0 saturated carbocycles. The highest BCUT2D eigenvalue weighted by Crippen LogP contribution is 2.28. The van der Waals surface area contributed by atoms with Crippen molar-refractivity contribution in [3.63, 3.8) is 0 Å². The van der Waals surface area contributed by atoms with Crippen LogP contribution in [-0.4, -0.2) is 63.8 Å². The molecule has 10 heteroatoms.